The molecule has 1 aromatic carbocycles. The van der Waals surface area contributed by atoms with Crippen LogP contribution in [0.25, 0.3) is 0 Å². The van der Waals surface area contributed by atoms with Crippen LogP contribution in [0.1, 0.15) is 46.1 Å². The highest BCUT2D eigenvalue weighted by molar-refractivity contribution is 5.26. The molecule has 0 amide bonds. The number of phenols is 1. The van der Waals surface area contributed by atoms with E-state index in [1.807, 2.05) is 12.1 Å². The summed E-state index contributed by atoms with van der Waals surface area (Å²) in [7, 11) is 0. The van der Waals surface area contributed by atoms with Gasteiger partial charge in [-0.3, -0.25) is 4.90 Å². The van der Waals surface area contributed by atoms with Gasteiger partial charge in [0.15, 0.2) is 0 Å². The van der Waals surface area contributed by atoms with E-state index in [0.717, 1.165) is 31.5 Å². The van der Waals surface area contributed by atoms with E-state index in [2.05, 4.69) is 32.6 Å². The molecule has 0 saturated heterocycles. The molecule has 1 aromatic rings. The molecule has 0 aliphatic rings. The Labute approximate surface area is 123 Å². The predicted octanol–water partition coefficient (Wildman–Crippen LogP) is 3.20. The van der Waals surface area contributed by atoms with Crippen molar-refractivity contribution in [3.05, 3.63) is 29.8 Å². The third-order valence-corrected chi connectivity index (χ3v) is 4.60. The number of aliphatic hydroxyl groups is 1. The van der Waals surface area contributed by atoms with Gasteiger partial charge in [-0.2, -0.15) is 0 Å². The Hall–Kier alpha value is -1.06. The standard InChI is InChI=1S/C17H29NO2/c1-5-17(6-2,18(7-3)8-4)16(20)13-14-9-11-15(19)12-10-14/h9-12,16,19-20H,5-8,13H2,1-4H3. The van der Waals surface area contributed by atoms with Crippen molar-refractivity contribution >= 4 is 0 Å². The van der Waals surface area contributed by atoms with Crippen molar-refractivity contribution in [3.63, 3.8) is 0 Å². The summed E-state index contributed by atoms with van der Waals surface area (Å²) in [6.45, 7) is 10.5. The van der Waals surface area contributed by atoms with Gasteiger partial charge in [-0.1, -0.05) is 39.8 Å². The molecular formula is C17H29NO2. The Kier molecular flexibility index (Phi) is 6.50. The number of likely N-dealkylation sites (N-methyl/N-ethyl adjacent to an activating group) is 1. The lowest BCUT2D eigenvalue weighted by molar-refractivity contribution is -0.0340. The third kappa shape index (κ3) is 3.53. The number of benzene rings is 1. The lowest BCUT2D eigenvalue weighted by atomic mass is 9.81. The Morgan fingerprint density at radius 2 is 1.50 bits per heavy atom. The maximum Gasteiger partial charge on any atom is 0.115 e. The van der Waals surface area contributed by atoms with Gasteiger partial charge >= 0.3 is 0 Å². The highest BCUT2D eigenvalue weighted by Crippen LogP contribution is 2.30. The van der Waals surface area contributed by atoms with Crippen LogP contribution in [-0.4, -0.2) is 39.8 Å². The minimum absolute atomic E-state index is 0.165. The van der Waals surface area contributed by atoms with Gasteiger partial charge in [0.25, 0.3) is 0 Å². The van der Waals surface area contributed by atoms with Crippen LogP contribution in [0.5, 0.6) is 5.75 Å². The van der Waals surface area contributed by atoms with Crippen molar-refractivity contribution in [2.45, 2.75) is 58.6 Å². The van der Waals surface area contributed by atoms with Crippen molar-refractivity contribution in [2.75, 3.05) is 13.1 Å². The van der Waals surface area contributed by atoms with Crippen LogP contribution in [0.4, 0.5) is 0 Å². The van der Waals surface area contributed by atoms with Gasteiger partial charge in [0.1, 0.15) is 5.75 Å². The Bertz CT molecular complexity index is 380. The Morgan fingerprint density at radius 3 is 1.90 bits per heavy atom. The van der Waals surface area contributed by atoms with Gasteiger partial charge in [-0.25, -0.2) is 0 Å². The molecule has 1 unspecified atom stereocenters. The average Bonchev–Trinajstić information content (AvgIpc) is 2.47. The van der Waals surface area contributed by atoms with Crippen LogP contribution < -0.4 is 0 Å². The topological polar surface area (TPSA) is 43.7 Å². The Morgan fingerprint density at radius 1 is 1.00 bits per heavy atom. The first kappa shape index (κ1) is 17.0. The van der Waals surface area contributed by atoms with Crippen LogP contribution in [-0.2, 0) is 6.42 Å². The fourth-order valence-corrected chi connectivity index (χ4v) is 3.28. The van der Waals surface area contributed by atoms with E-state index in [4.69, 9.17) is 0 Å². The zero-order valence-corrected chi connectivity index (χ0v) is 13.3. The molecule has 3 heteroatoms. The fraction of sp³-hybridized carbons (Fsp3) is 0.647. The summed E-state index contributed by atoms with van der Waals surface area (Å²) in [6.07, 6.45) is 2.09. The molecule has 0 radical (unpaired) electrons. The maximum absolute atomic E-state index is 10.8. The van der Waals surface area contributed by atoms with Gasteiger partial charge in [0, 0.05) is 12.0 Å². The molecule has 0 saturated carbocycles. The highest BCUT2D eigenvalue weighted by Gasteiger charge is 2.38. The van der Waals surface area contributed by atoms with Gasteiger partial charge in [0.2, 0.25) is 0 Å². The average molecular weight is 279 g/mol. The van der Waals surface area contributed by atoms with E-state index in [1.165, 1.54) is 0 Å². The number of phenolic OH excluding ortho intramolecular Hbond substituents is 1. The molecular weight excluding hydrogens is 250 g/mol. The molecule has 1 atom stereocenters. The number of aromatic hydroxyl groups is 1. The third-order valence-electron chi connectivity index (χ3n) is 4.60. The van der Waals surface area contributed by atoms with E-state index in [1.54, 1.807) is 12.1 Å². The SMILES string of the molecule is CCN(CC)C(CC)(CC)C(O)Cc1ccc(O)cc1. The second-order valence-corrected chi connectivity index (χ2v) is 5.37. The summed E-state index contributed by atoms with van der Waals surface area (Å²) >= 11 is 0. The summed E-state index contributed by atoms with van der Waals surface area (Å²) in [5, 5.41) is 20.1. The molecule has 0 fully saturated rings. The second-order valence-electron chi connectivity index (χ2n) is 5.37. The molecule has 114 valence electrons. The van der Waals surface area contributed by atoms with Gasteiger partial charge < -0.3 is 10.2 Å². The number of nitrogens with zero attached hydrogens (tertiary/aromatic N) is 1. The predicted molar refractivity (Wildman–Crippen MR) is 84.1 cm³/mol. The van der Waals surface area contributed by atoms with E-state index < -0.39 is 6.10 Å². The van der Waals surface area contributed by atoms with E-state index in [0.29, 0.717) is 6.42 Å². The number of aliphatic hydroxyl groups excluding tert-OH is 1. The van der Waals surface area contributed by atoms with Crippen molar-refractivity contribution in [1.82, 2.24) is 4.90 Å². The summed E-state index contributed by atoms with van der Waals surface area (Å²) in [4.78, 5) is 2.37. The van der Waals surface area contributed by atoms with Crippen LogP contribution in [0.2, 0.25) is 0 Å². The van der Waals surface area contributed by atoms with Crippen molar-refractivity contribution in [2.24, 2.45) is 0 Å². The molecule has 2 N–H and O–H groups in total. The zero-order valence-electron chi connectivity index (χ0n) is 13.3. The van der Waals surface area contributed by atoms with Crippen molar-refractivity contribution in [3.8, 4) is 5.75 Å². The molecule has 0 aliphatic carbocycles. The molecule has 0 bridgehead atoms. The summed E-state index contributed by atoms with van der Waals surface area (Å²) in [5.41, 5.74) is 0.898. The first-order valence-corrected chi connectivity index (χ1v) is 7.75. The molecule has 1 rings (SSSR count). The van der Waals surface area contributed by atoms with Crippen LogP contribution in [0.3, 0.4) is 0 Å². The van der Waals surface area contributed by atoms with E-state index in [9.17, 15) is 10.2 Å². The maximum atomic E-state index is 10.8. The second kappa shape index (κ2) is 7.65. The Balaban J connectivity index is 2.93. The molecule has 3 nitrogen and oxygen atoms in total. The highest BCUT2D eigenvalue weighted by atomic mass is 16.3. The molecule has 0 aliphatic heterocycles. The van der Waals surface area contributed by atoms with Crippen LogP contribution >= 0.6 is 0 Å². The van der Waals surface area contributed by atoms with Crippen molar-refractivity contribution in [1.29, 1.82) is 0 Å². The van der Waals surface area contributed by atoms with Crippen LogP contribution in [0.15, 0.2) is 24.3 Å². The van der Waals surface area contributed by atoms with Gasteiger partial charge in [-0.15, -0.1) is 0 Å². The lowest BCUT2D eigenvalue weighted by Gasteiger charge is -2.46. The van der Waals surface area contributed by atoms with E-state index >= 15 is 0 Å². The number of rotatable bonds is 8. The van der Waals surface area contributed by atoms with E-state index in [-0.39, 0.29) is 11.3 Å². The summed E-state index contributed by atoms with van der Waals surface area (Å²) < 4.78 is 0. The normalized spacial score (nSPS) is 13.7. The lowest BCUT2D eigenvalue weighted by Crippen LogP contribution is -2.56. The molecule has 0 heterocycles. The summed E-state index contributed by atoms with van der Waals surface area (Å²) in [6, 6.07) is 7.13. The minimum Gasteiger partial charge on any atom is -0.508 e. The number of hydrogen-bond donors (Lipinski definition) is 2. The zero-order chi connectivity index (χ0) is 15.2. The smallest absolute Gasteiger partial charge is 0.115 e. The van der Waals surface area contributed by atoms with Gasteiger partial charge in [-0.05, 0) is 43.6 Å². The summed E-state index contributed by atoms with van der Waals surface area (Å²) in [5.74, 6) is 0.268. The fourth-order valence-electron chi connectivity index (χ4n) is 3.28. The minimum atomic E-state index is -0.401. The number of hydrogen-bond acceptors (Lipinski definition) is 3. The van der Waals surface area contributed by atoms with Crippen molar-refractivity contribution < 1.29 is 10.2 Å². The van der Waals surface area contributed by atoms with Crippen LogP contribution in [0, 0.1) is 0 Å². The van der Waals surface area contributed by atoms with Gasteiger partial charge in [0.05, 0.1) is 6.10 Å². The monoisotopic (exact) mass is 279 g/mol. The largest absolute Gasteiger partial charge is 0.508 e. The quantitative estimate of drug-likeness (QED) is 0.768. The molecule has 0 aromatic heterocycles. The molecule has 20 heavy (non-hydrogen) atoms. The molecule has 0 spiro atoms. The first-order chi connectivity index (χ1) is 9.53. The first-order valence-electron chi connectivity index (χ1n) is 7.75.